The zero-order chi connectivity index (χ0) is 13.4. The molecule has 0 saturated carbocycles. The highest BCUT2D eigenvalue weighted by Gasteiger charge is 2.14. The Morgan fingerprint density at radius 3 is 2.58 bits per heavy atom. The van der Waals surface area contributed by atoms with Crippen LogP contribution in [-0.4, -0.2) is 29.0 Å². The van der Waals surface area contributed by atoms with Crippen molar-refractivity contribution in [2.45, 2.75) is 0 Å². The van der Waals surface area contributed by atoms with Crippen LogP contribution in [0.5, 0.6) is 0 Å². The van der Waals surface area contributed by atoms with Gasteiger partial charge in [-0.2, -0.15) is 4.98 Å². The molecule has 2 aromatic heterocycles. The smallest absolute Gasteiger partial charge is 0.282 e. The number of fused-ring (bicyclic) bond motifs is 1. The van der Waals surface area contributed by atoms with E-state index in [1.54, 1.807) is 19.0 Å². The number of aromatic amines is 1. The number of benzene rings is 1. The molecule has 0 aliphatic heterocycles. The Hall–Kier alpha value is -2.63. The summed E-state index contributed by atoms with van der Waals surface area (Å²) in [5.41, 5.74) is 0.960. The number of nitrogens with zero attached hydrogens (tertiary/aromatic N) is 3. The van der Waals surface area contributed by atoms with Gasteiger partial charge in [0.1, 0.15) is 0 Å². The first-order valence-corrected chi connectivity index (χ1v) is 5.79. The van der Waals surface area contributed by atoms with E-state index >= 15 is 0 Å². The zero-order valence-corrected chi connectivity index (χ0v) is 10.5. The lowest BCUT2D eigenvalue weighted by Crippen LogP contribution is -2.18. The summed E-state index contributed by atoms with van der Waals surface area (Å²) in [5.74, 6) is 0.831. The average molecular weight is 256 g/mol. The van der Waals surface area contributed by atoms with E-state index in [1.165, 1.54) is 0 Å². The quantitative estimate of drug-likeness (QED) is 0.754. The Bertz CT molecular complexity index is 774. The topological polar surface area (TPSA) is 75.0 Å². The molecular weight excluding hydrogens is 244 g/mol. The molecule has 0 saturated heterocycles. The molecule has 3 rings (SSSR count). The van der Waals surface area contributed by atoms with E-state index in [2.05, 4.69) is 15.0 Å². The summed E-state index contributed by atoms with van der Waals surface area (Å²) in [4.78, 5) is 24.7. The number of aromatic nitrogens is 3. The Balaban J connectivity index is 2.21. The first-order valence-electron chi connectivity index (χ1n) is 5.79. The van der Waals surface area contributed by atoms with Crippen LogP contribution in [0.15, 0.2) is 39.5 Å². The molecule has 0 atom stereocenters. The van der Waals surface area contributed by atoms with Crippen LogP contribution >= 0.6 is 0 Å². The maximum absolute atomic E-state index is 11.9. The van der Waals surface area contributed by atoms with Crippen molar-refractivity contribution in [3.8, 4) is 11.5 Å². The predicted octanol–water partition coefficient (Wildman–Crippen LogP) is 1.64. The van der Waals surface area contributed by atoms with E-state index in [1.807, 2.05) is 30.3 Å². The molecule has 0 unspecified atom stereocenters. The lowest BCUT2D eigenvalue weighted by Gasteiger charge is -2.08. The number of hydrogen-bond donors (Lipinski definition) is 1. The van der Waals surface area contributed by atoms with Crippen LogP contribution in [0.3, 0.4) is 0 Å². The Morgan fingerprint density at radius 1 is 1.16 bits per heavy atom. The molecule has 0 amide bonds. The largest absolute Gasteiger partial charge is 0.417 e. The van der Waals surface area contributed by atoms with Gasteiger partial charge in [-0.25, -0.2) is 4.98 Å². The number of anilines is 1. The number of nitrogens with one attached hydrogen (secondary N) is 1. The Morgan fingerprint density at radius 2 is 1.89 bits per heavy atom. The van der Waals surface area contributed by atoms with Crippen molar-refractivity contribution in [3.63, 3.8) is 0 Å². The van der Waals surface area contributed by atoms with Gasteiger partial charge < -0.3 is 9.32 Å². The minimum atomic E-state index is -0.306. The van der Waals surface area contributed by atoms with Gasteiger partial charge in [-0.05, 0) is 12.1 Å². The number of H-pyrrole nitrogens is 1. The molecule has 0 radical (unpaired) electrons. The fourth-order valence-electron chi connectivity index (χ4n) is 1.74. The molecule has 6 heteroatoms. The molecule has 0 aliphatic carbocycles. The third-order valence-corrected chi connectivity index (χ3v) is 2.70. The molecule has 1 N–H and O–H groups in total. The van der Waals surface area contributed by atoms with Crippen LogP contribution in [0, 0.1) is 0 Å². The molecule has 96 valence electrons. The summed E-state index contributed by atoms with van der Waals surface area (Å²) in [5, 5.41) is 0. The standard InChI is InChI=1S/C13H12N4O2/c1-17(2)13-15-10(18)9-12(16-13)19-11(14-9)8-6-4-3-5-7-8/h3-7H,1-2H3,(H,15,16,18). The number of oxazole rings is 1. The molecular formula is C13H12N4O2. The van der Waals surface area contributed by atoms with E-state index < -0.39 is 0 Å². The highest BCUT2D eigenvalue weighted by atomic mass is 16.4. The van der Waals surface area contributed by atoms with Crippen molar-refractivity contribution in [2.75, 3.05) is 19.0 Å². The normalized spacial score (nSPS) is 10.8. The average Bonchev–Trinajstić information content (AvgIpc) is 2.84. The highest BCUT2D eigenvalue weighted by Crippen LogP contribution is 2.21. The maximum atomic E-state index is 11.9. The molecule has 3 aromatic rings. The zero-order valence-electron chi connectivity index (χ0n) is 10.5. The van der Waals surface area contributed by atoms with Gasteiger partial charge in [0.2, 0.25) is 11.8 Å². The monoisotopic (exact) mass is 256 g/mol. The van der Waals surface area contributed by atoms with Crippen LogP contribution < -0.4 is 10.5 Å². The summed E-state index contributed by atoms with van der Waals surface area (Å²) in [7, 11) is 3.58. The van der Waals surface area contributed by atoms with Gasteiger partial charge in [-0.15, -0.1) is 0 Å². The third-order valence-electron chi connectivity index (χ3n) is 2.70. The van der Waals surface area contributed by atoms with E-state index in [4.69, 9.17) is 4.42 Å². The van der Waals surface area contributed by atoms with Crippen molar-refractivity contribution in [1.82, 2.24) is 15.0 Å². The number of hydrogen-bond acceptors (Lipinski definition) is 5. The van der Waals surface area contributed by atoms with Crippen molar-refractivity contribution in [2.24, 2.45) is 0 Å². The molecule has 2 heterocycles. The van der Waals surface area contributed by atoms with Crippen molar-refractivity contribution >= 4 is 17.2 Å². The van der Waals surface area contributed by atoms with Gasteiger partial charge in [-0.1, -0.05) is 18.2 Å². The second-order valence-electron chi connectivity index (χ2n) is 4.32. The van der Waals surface area contributed by atoms with E-state index in [0.29, 0.717) is 11.8 Å². The fourth-order valence-corrected chi connectivity index (χ4v) is 1.74. The van der Waals surface area contributed by atoms with Crippen LogP contribution in [-0.2, 0) is 0 Å². The molecule has 0 bridgehead atoms. The highest BCUT2D eigenvalue weighted by molar-refractivity contribution is 5.72. The van der Waals surface area contributed by atoms with E-state index in [-0.39, 0.29) is 16.8 Å². The minimum absolute atomic E-state index is 0.212. The summed E-state index contributed by atoms with van der Waals surface area (Å²) in [6, 6.07) is 9.40. The van der Waals surface area contributed by atoms with Crippen molar-refractivity contribution in [1.29, 1.82) is 0 Å². The van der Waals surface area contributed by atoms with Gasteiger partial charge in [0.15, 0.2) is 5.52 Å². The van der Waals surface area contributed by atoms with Crippen LogP contribution in [0.25, 0.3) is 22.7 Å². The third kappa shape index (κ3) is 1.97. The SMILES string of the molecule is CN(C)c1nc2oc(-c3ccccc3)nc2c(=O)[nH]1. The minimum Gasteiger partial charge on any atom is -0.417 e. The fraction of sp³-hybridized carbons (Fsp3) is 0.154. The molecule has 0 fully saturated rings. The Kier molecular flexibility index (Phi) is 2.56. The Labute approximate surface area is 108 Å². The van der Waals surface area contributed by atoms with E-state index in [0.717, 1.165) is 5.56 Å². The first kappa shape index (κ1) is 11.5. The van der Waals surface area contributed by atoms with Crippen molar-refractivity contribution < 1.29 is 4.42 Å². The summed E-state index contributed by atoms with van der Waals surface area (Å²) in [6.07, 6.45) is 0. The van der Waals surface area contributed by atoms with Gasteiger partial charge in [0.05, 0.1) is 0 Å². The van der Waals surface area contributed by atoms with Gasteiger partial charge >= 0.3 is 0 Å². The lowest BCUT2D eigenvalue weighted by atomic mass is 10.2. The van der Waals surface area contributed by atoms with Crippen molar-refractivity contribution in [3.05, 3.63) is 40.7 Å². The number of rotatable bonds is 2. The maximum Gasteiger partial charge on any atom is 0.282 e. The lowest BCUT2D eigenvalue weighted by molar-refractivity contribution is 0.606. The summed E-state index contributed by atoms with van der Waals surface area (Å²) < 4.78 is 5.56. The van der Waals surface area contributed by atoms with Crippen LogP contribution in [0.1, 0.15) is 0 Å². The predicted molar refractivity (Wildman–Crippen MR) is 72.2 cm³/mol. The van der Waals surface area contributed by atoms with Crippen LogP contribution in [0.4, 0.5) is 5.95 Å². The van der Waals surface area contributed by atoms with Gasteiger partial charge in [-0.3, -0.25) is 9.78 Å². The summed E-state index contributed by atoms with van der Waals surface area (Å²) >= 11 is 0. The molecule has 0 aliphatic rings. The van der Waals surface area contributed by atoms with Crippen LogP contribution in [0.2, 0.25) is 0 Å². The molecule has 6 nitrogen and oxygen atoms in total. The molecule has 0 spiro atoms. The first-order chi connectivity index (χ1) is 9.15. The molecule has 19 heavy (non-hydrogen) atoms. The second-order valence-corrected chi connectivity index (χ2v) is 4.32. The van der Waals surface area contributed by atoms with Gasteiger partial charge in [0, 0.05) is 19.7 Å². The second kappa shape index (κ2) is 4.24. The van der Waals surface area contributed by atoms with E-state index in [9.17, 15) is 4.79 Å². The molecule has 1 aromatic carbocycles. The van der Waals surface area contributed by atoms with Gasteiger partial charge in [0.25, 0.3) is 11.3 Å². The summed E-state index contributed by atoms with van der Waals surface area (Å²) in [6.45, 7) is 0.